The topological polar surface area (TPSA) is 33.6 Å². The molecule has 2 rings (SSSR count). The lowest BCUT2D eigenvalue weighted by Gasteiger charge is -2.33. The van der Waals surface area contributed by atoms with E-state index in [0.29, 0.717) is 5.41 Å². The number of amidine groups is 1. The van der Waals surface area contributed by atoms with Crippen molar-refractivity contribution in [1.29, 1.82) is 0 Å². The fraction of sp³-hybridized carbons (Fsp3) is 0.562. The quantitative estimate of drug-likeness (QED) is 0.897. The smallest absolute Gasteiger partial charge is 0.161 e. The average molecular weight is 292 g/mol. The number of aryl methyl sites for hydroxylation is 1. The van der Waals surface area contributed by atoms with Gasteiger partial charge in [0.2, 0.25) is 0 Å². The Hall–Kier alpha value is -1.16. The van der Waals surface area contributed by atoms with E-state index >= 15 is 0 Å². The number of nitrogens with zero attached hydrogens (tertiary/aromatic N) is 1. The van der Waals surface area contributed by atoms with E-state index in [2.05, 4.69) is 32.2 Å². The molecule has 1 heterocycles. The Morgan fingerprint density at radius 3 is 2.60 bits per heavy atom. The maximum atomic E-state index is 5.28. The third-order valence-corrected chi connectivity index (χ3v) is 5.48. The van der Waals surface area contributed by atoms with E-state index in [-0.39, 0.29) is 0 Å². The predicted molar refractivity (Wildman–Crippen MR) is 89.1 cm³/mol. The molecule has 0 saturated carbocycles. The van der Waals surface area contributed by atoms with E-state index in [1.807, 2.05) is 23.9 Å². The number of ether oxygens (including phenoxy) is 1. The second-order valence-corrected chi connectivity index (χ2v) is 6.39. The molecule has 0 bridgehead atoms. The highest BCUT2D eigenvalue weighted by molar-refractivity contribution is 8.14. The van der Waals surface area contributed by atoms with Gasteiger partial charge in [-0.15, -0.1) is 0 Å². The van der Waals surface area contributed by atoms with Crippen LogP contribution in [0.25, 0.3) is 0 Å². The van der Waals surface area contributed by atoms with Crippen LogP contribution >= 0.6 is 11.8 Å². The number of rotatable bonds is 4. The molecule has 20 heavy (non-hydrogen) atoms. The monoisotopic (exact) mass is 292 g/mol. The van der Waals surface area contributed by atoms with Gasteiger partial charge in [0, 0.05) is 18.0 Å². The zero-order chi connectivity index (χ0) is 14.6. The van der Waals surface area contributed by atoms with Crippen LogP contribution in [-0.2, 0) is 0 Å². The number of hydrogen-bond donors (Lipinski definition) is 1. The summed E-state index contributed by atoms with van der Waals surface area (Å²) in [6.45, 7) is 7.53. The summed E-state index contributed by atoms with van der Waals surface area (Å²) in [7, 11) is 1.70. The number of hydrogen-bond acceptors (Lipinski definition) is 4. The molecule has 1 aliphatic rings. The van der Waals surface area contributed by atoms with Crippen LogP contribution in [0.4, 0.5) is 5.69 Å². The number of benzene rings is 1. The Morgan fingerprint density at radius 1 is 1.35 bits per heavy atom. The van der Waals surface area contributed by atoms with Gasteiger partial charge in [0.15, 0.2) is 5.17 Å². The van der Waals surface area contributed by atoms with Crippen LogP contribution in [0.15, 0.2) is 23.2 Å². The first-order chi connectivity index (χ1) is 9.62. The molecule has 4 heteroatoms. The van der Waals surface area contributed by atoms with Crippen LogP contribution in [0.2, 0.25) is 0 Å². The van der Waals surface area contributed by atoms with Gasteiger partial charge in [-0.1, -0.05) is 25.6 Å². The van der Waals surface area contributed by atoms with Crippen molar-refractivity contribution in [3.05, 3.63) is 23.8 Å². The summed E-state index contributed by atoms with van der Waals surface area (Å²) in [6, 6.07) is 6.13. The Kier molecular flexibility index (Phi) is 4.97. The second kappa shape index (κ2) is 6.53. The molecule has 0 spiro atoms. The van der Waals surface area contributed by atoms with Gasteiger partial charge >= 0.3 is 0 Å². The molecule has 3 nitrogen and oxygen atoms in total. The summed E-state index contributed by atoms with van der Waals surface area (Å²) < 4.78 is 5.28. The highest BCUT2D eigenvalue weighted by Gasteiger charge is 2.30. The lowest BCUT2D eigenvalue weighted by atomic mass is 9.84. The Bertz CT molecular complexity index is 495. The average Bonchev–Trinajstić information content (AvgIpc) is 2.49. The van der Waals surface area contributed by atoms with E-state index in [9.17, 15) is 0 Å². The largest absolute Gasteiger partial charge is 0.496 e. The lowest BCUT2D eigenvalue weighted by molar-refractivity contribution is 0.318. The van der Waals surface area contributed by atoms with E-state index in [1.54, 1.807) is 7.11 Å². The molecule has 0 unspecified atom stereocenters. The Labute approximate surface area is 126 Å². The van der Waals surface area contributed by atoms with Crippen LogP contribution in [0, 0.1) is 12.3 Å². The van der Waals surface area contributed by atoms with E-state index in [1.165, 1.54) is 12.8 Å². The van der Waals surface area contributed by atoms with E-state index < -0.39 is 0 Å². The highest BCUT2D eigenvalue weighted by atomic mass is 32.2. The molecule has 1 N–H and O–H groups in total. The van der Waals surface area contributed by atoms with Crippen LogP contribution in [-0.4, -0.2) is 24.6 Å². The number of anilines is 1. The lowest BCUT2D eigenvalue weighted by Crippen LogP contribution is -2.32. The van der Waals surface area contributed by atoms with Gasteiger partial charge in [-0.25, -0.2) is 0 Å². The van der Waals surface area contributed by atoms with Gasteiger partial charge in [0.25, 0.3) is 0 Å². The van der Waals surface area contributed by atoms with Crippen LogP contribution < -0.4 is 10.1 Å². The number of nitrogens with one attached hydrogen (secondary N) is 1. The minimum Gasteiger partial charge on any atom is -0.496 e. The Balaban J connectivity index is 2.05. The van der Waals surface area contributed by atoms with Gasteiger partial charge in [0.05, 0.1) is 7.11 Å². The predicted octanol–water partition coefficient (Wildman–Crippen LogP) is 4.32. The molecule has 0 saturated heterocycles. The van der Waals surface area contributed by atoms with Gasteiger partial charge in [0.1, 0.15) is 5.75 Å². The molecule has 1 aromatic rings. The standard InChI is InChI=1S/C16H24N2OS/c1-5-16(6-2)10-17-15(20-11-16)18-13-7-8-14(19-4)12(3)9-13/h7-9H,5-6,10-11H2,1-4H3,(H,17,18). The summed E-state index contributed by atoms with van der Waals surface area (Å²) in [6.07, 6.45) is 2.41. The normalized spacial score (nSPS) is 17.5. The zero-order valence-electron chi connectivity index (χ0n) is 12.8. The van der Waals surface area contributed by atoms with Crippen molar-refractivity contribution < 1.29 is 4.74 Å². The van der Waals surface area contributed by atoms with Gasteiger partial charge in [-0.05, 0) is 48.9 Å². The third-order valence-electron chi connectivity index (χ3n) is 4.22. The fourth-order valence-electron chi connectivity index (χ4n) is 2.39. The third kappa shape index (κ3) is 3.29. The molecule has 0 atom stereocenters. The fourth-order valence-corrected chi connectivity index (χ4v) is 3.67. The number of thioether (sulfide) groups is 1. The van der Waals surface area contributed by atoms with Gasteiger partial charge in [-0.3, -0.25) is 4.99 Å². The summed E-state index contributed by atoms with van der Waals surface area (Å²) in [5, 5.41) is 4.45. The maximum Gasteiger partial charge on any atom is 0.161 e. The molecule has 0 fully saturated rings. The molecule has 1 aliphatic heterocycles. The summed E-state index contributed by atoms with van der Waals surface area (Å²) >= 11 is 1.84. The number of aliphatic imine (C=N–C) groups is 1. The van der Waals surface area contributed by atoms with Gasteiger partial charge < -0.3 is 10.1 Å². The van der Waals surface area contributed by atoms with Crippen molar-refractivity contribution in [2.45, 2.75) is 33.6 Å². The molecule has 110 valence electrons. The van der Waals surface area contributed by atoms with Crippen LogP contribution in [0.5, 0.6) is 5.75 Å². The summed E-state index contributed by atoms with van der Waals surface area (Å²) in [4.78, 5) is 4.73. The maximum absolute atomic E-state index is 5.28. The van der Waals surface area contributed by atoms with Crippen LogP contribution in [0.1, 0.15) is 32.3 Å². The summed E-state index contributed by atoms with van der Waals surface area (Å²) in [5.41, 5.74) is 2.61. The van der Waals surface area contributed by atoms with E-state index in [0.717, 1.165) is 34.5 Å². The molecule has 0 aromatic heterocycles. The van der Waals surface area contributed by atoms with E-state index in [4.69, 9.17) is 9.73 Å². The molecular formula is C16H24N2OS. The van der Waals surface area contributed by atoms with Gasteiger partial charge in [-0.2, -0.15) is 0 Å². The van der Waals surface area contributed by atoms with Crippen molar-refractivity contribution >= 4 is 22.6 Å². The molecule has 1 aromatic carbocycles. The highest BCUT2D eigenvalue weighted by Crippen LogP contribution is 2.35. The SMILES string of the molecule is CCC1(CC)CN=C(Nc2ccc(OC)c(C)c2)SC1. The second-order valence-electron chi connectivity index (χ2n) is 5.43. The van der Waals surface area contributed by atoms with Crippen molar-refractivity contribution in [2.75, 3.05) is 24.7 Å². The zero-order valence-corrected chi connectivity index (χ0v) is 13.6. The minimum absolute atomic E-state index is 0.395. The summed E-state index contributed by atoms with van der Waals surface area (Å²) in [5.74, 6) is 2.07. The van der Waals surface area contributed by atoms with Crippen molar-refractivity contribution in [3.8, 4) is 5.75 Å². The molecule has 0 aliphatic carbocycles. The first-order valence-corrected chi connectivity index (χ1v) is 8.20. The first kappa shape index (κ1) is 15.2. The Morgan fingerprint density at radius 2 is 2.10 bits per heavy atom. The first-order valence-electron chi connectivity index (χ1n) is 7.21. The number of methoxy groups -OCH3 is 1. The van der Waals surface area contributed by atoms with Crippen molar-refractivity contribution in [1.82, 2.24) is 0 Å². The van der Waals surface area contributed by atoms with Crippen molar-refractivity contribution in [3.63, 3.8) is 0 Å². The van der Waals surface area contributed by atoms with Crippen molar-refractivity contribution in [2.24, 2.45) is 10.4 Å². The van der Waals surface area contributed by atoms with Crippen LogP contribution in [0.3, 0.4) is 0 Å². The molecule has 0 radical (unpaired) electrons. The minimum atomic E-state index is 0.395. The molecule has 0 amide bonds. The molecular weight excluding hydrogens is 268 g/mol.